The fourth-order valence-corrected chi connectivity index (χ4v) is 3.03. The van der Waals surface area contributed by atoms with Gasteiger partial charge in [-0.2, -0.15) is 0 Å². The van der Waals surface area contributed by atoms with E-state index in [2.05, 4.69) is 40.8 Å². The lowest BCUT2D eigenvalue weighted by atomic mass is 9.86. The van der Waals surface area contributed by atoms with Gasteiger partial charge in [-0.15, -0.1) is 0 Å². The van der Waals surface area contributed by atoms with E-state index in [0.717, 1.165) is 12.8 Å². The molecule has 0 amide bonds. The molecular weight excluding hydrogens is 339 g/mol. The van der Waals surface area contributed by atoms with Gasteiger partial charge in [0.2, 0.25) is 0 Å². The molecule has 0 N–H and O–H groups in total. The lowest BCUT2D eigenvalue weighted by Gasteiger charge is -2.20. The molecule has 3 rings (SSSR count). The first-order valence-corrected chi connectivity index (χ1v) is 6.88. The van der Waals surface area contributed by atoms with Gasteiger partial charge in [-0.25, -0.2) is 0 Å². The highest BCUT2D eigenvalue weighted by Crippen LogP contribution is 2.35. The van der Waals surface area contributed by atoms with Crippen LogP contribution in [-0.2, 0) is 17.6 Å². The summed E-state index contributed by atoms with van der Waals surface area (Å²) in [6, 6.07) is 12.4. The minimum absolute atomic E-state index is 0.473. The summed E-state index contributed by atoms with van der Waals surface area (Å²) in [6.07, 6.45) is 2.04. The summed E-state index contributed by atoms with van der Waals surface area (Å²) >= 11 is 2.34. The first-order chi connectivity index (χ1) is 8.78. The molecule has 0 saturated heterocycles. The van der Waals surface area contributed by atoms with E-state index in [1.807, 2.05) is 18.2 Å². The summed E-state index contributed by atoms with van der Waals surface area (Å²) in [7, 11) is 0. The molecule has 1 aliphatic rings. The van der Waals surface area contributed by atoms with Crippen LogP contribution in [-0.4, -0.2) is 6.47 Å². The normalized spacial score (nSPS) is 12.5. The van der Waals surface area contributed by atoms with E-state index in [-0.39, 0.29) is 0 Å². The van der Waals surface area contributed by atoms with Gasteiger partial charge in [0.25, 0.3) is 6.47 Å². The summed E-state index contributed by atoms with van der Waals surface area (Å²) in [6.45, 7) is 0.473. The zero-order valence-electron chi connectivity index (χ0n) is 9.65. The van der Waals surface area contributed by atoms with Crippen molar-refractivity contribution in [3.63, 3.8) is 0 Å². The van der Waals surface area contributed by atoms with Gasteiger partial charge in [0.1, 0.15) is 5.75 Å². The highest BCUT2D eigenvalue weighted by atomic mass is 127. The molecule has 0 atom stereocenters. The Balaban J connectivity index is 2.10. The summed E-state index contributed by atoms with van der Waals surface area (Å²) in [5, 5.41) is 0. The molecule has 0 spiro atoms. The molecule has 3 heteroatoms. The third-order valence-corrected chi connectivity index (χ3v) is 3.95. The standard InChI is InChI=1S/C15H11IO2/c16-12-3-5-14-10(7-12)1-2-11-8-13(18-9-17)4-6-15(11)14/h3-9H,1-2H2. The average Bonchev–Trinajstić information content (AvgIpc) is 2.38. The Morgan fingerprint density at radius 1 is 1.00 bits per heavy atom. The molecule has 0 saturated carbocycles. The van der Waals surface area contributed by atoms with Gasteiger partial charge in [-0.3, -0.25) is 4.79 Å². The number of hydrogen-bond donors (Lipinski definition) is 0. The molecule has 90 valence electrons. The average molecular weight is 350 g/mol. The highest BCUT2D eigenvalue weighted by Gasteiger charge is 2.16. The van der Waals surface area contributed by atoms with Gasteiger partial charge in [0.15, 0.2) is 0 Å². The van der Waals surface area contributed by atoms with Gasteiger partial charge in [-0.1, -0.05) is 12.1 Å². The van der Waals surface area contributed by atoms with Crippen LogP contribution in [0.15, 0.2) is 36.4 Å². The molecule has 0 aromatic heterocycles. The third-order valence-electron chi connectivity index (χ3n) is 3.28. The lowest BCUT2D eigenvalue weighted by molar-refractivity contribution is -0.120. The lowest BCUT2D eigenvalue weighted by Crippen LogP contribution is -2.04. The second-order valence-electron chi connectivity index (χ2n) is 4.33. The number of benzene rings is 2. The van der Waals surface area contributed by atoms with E-state index in [4.69, 9.17) is 4.74 Å². The second kappa shape index (κ2) is 4.72. The molecule has 0 bridgehead atoms. The van der Waals surface area contributed by atoms with Crippen molar-refractivity contribution in [2.75, 3.05) is 0 Å². The number of hydrogen-bond acceptors (Lipinski definition) is 2. The van der Waals surface area contributed by atoms with Crippen molar-refractivity contribution in [3.05, 3.63) is 51.1 Å². The maximum atomic E-state index is 10.4. The summed E-state index contributed by atoms with van der Waals surface area (Å²) in [5.41, 5.74) is 5.21. The van der Waals surface area contributed by atoms with Crippen LogP contribution in [0.1, 0.15) is 11.1 Å². The molecule has 0 radical (unpaired) electrons. The van der Waals surface area contributed by atoms with Crippen LogP contribution in [0.2, 0.25) is 0 Å². The Morgan fingerprint density at radius 3 is 2.39 bits per heavy atom. The van der Waals surface area contributed by atoms with E-state index < -0.39 is 0 Å². The van der Waals surface area contributed by atoms with E-state index in [9.17, 15) is 4.79 Å². The van der Waals surface area contributed by atoms with Gasteiger partial charge in [0, 0.05) is 3.57 Å². The zero-order chi connectivity index (χ0) is 12.5. The molecular formula is C15H11IO2. The molecule has 1 aliphatic carbocycles. The largest absolute Gasteiger partial charge is 0.429 e. The number of carbonyl (C=O) groups excluding carboxylic acids is 1. The SMILES string of the molecule is O=COc1ccc2c(c1)CCc1cc(I)ccc1-2. The summed E-state index contributed by atoms with van der Waals surface area (Å²) < 4.78 is 6.17. The van der Waals surface area contributed by atoms with Crippen molar-refractivity contribution in [3.8, 4) is 16.9 Å². The van der Waals surface area contributed by atoms with Crippen LogP contribution in [0.4, 0.5) is 0 Å². The number of carbonyl (C=O) groups is 1. The third kappa shape index (κ3) is 2.03. The van der Waals surface area contributed by atoms with Gasteiger partial charge in [0.05, 0.1) is 0 Å². The van der Waals surface area contributed by atoms with Crippen LogP contribution in [0, 0.1) is 3.57 Å². The Labute approximate surface area is 119 Å². The molecule has 2 aromatic rings. The number of rotatable bonds is 2. The topological polar surface area (TPSA) is 26.3 Å². The fraction of sp³-hybridized carbons (Fsp3) is 0.133. The molecule has 0 aliphatic heterocycles. The van der Waals surface area contributed by atoms with Crippen molar-refractivity contribution in [1.82, 2.24) is 0 Å². The van der Waals surface area contributed by atoms with Crippen LogP contribution in [0.25, 0.3) is 11.1 Å². The van der Waals surface area contributed by atoms with E-state index in [0.29, 0.717) is 12.2 Å². The zero-order valence-corrected chi connectivity index (χ0v) is 11.8. The predicted octanol–water partition coefficient (Wildman–Crippen LogP) is 3.59. The van der Waals surface area contributed by atoms with E-state index in [1.165, 1.54) is 25.8 Å². The van der Waals surface area contributed by atoms with Gasteiger partial charge in [-0.05, 0) is 82.0 Å². The van der Waals surface area contributed by atoms with Gasteiger partial charge < -0.3 is 4.74 Å². The van der Waals surface area contributed by atoms with Crippen LogP contribution in [0.5, 0.6) is 5.75 Å². The number of fused-ring (bicyclic) bond motifs is 3. The monoisotopic (exact) mass is 350 g/mol. The number of halogens is 1. The molecule has 0 fully saturated rings. The smallest absolute Gasteiger partial charge is 0.298 e. The summed E-state index contributed by atoms with van der Waals surface area (Å²) in [4.78, 5) is 10.4. The minimum Gasteiger partial charge on any atom is -0.429 e. The highest BCUT2D eigenvalue weighted by molar-refractivity contribution is 14.1. The van der Waals surface area contributed by atoms with E-state index >= 15 is 0 Å². The maximum Gasteiger partial charge on any atom is 0.298 e. The molecule has 0 heterocycles. The van der Waals surface area contributed by atoms with E-state index in [1.54, 1.807) is 0 Å². The molecule has 2 nitrogen and oxygen atoms in total. The molecule has 18 heavy (non-hydrogen) atoms. The maximum absolute atomic E-state index is 10.4. The number of aryl methyl sites for hydroxylation is 2. The van der Waals surface area contributed by atoms with Crippen molar-refractivity contribution >= 4 is 29.1 Å². The first-order valence-electron chi connectivity index (χ1n) is 5.80. The van der Waals surface area contributed by atoms with Crippen molar-refractivity contribution in [1.29, 1.82) is 0 Å². The van der Waals surface area contributed by atoms with Crippen molar-refractivity contribution < 1.29 is 9.53 Å². The Bertz CT molecular complexity index is 620. The van der Waals surface area contributed by atoms with Crippen LogP contribution < -0.4 is 4.74 Å². The first kappa shape index (κ1) is 11.7. The summed E-state index contributed by atoms with van der Waals surface area (Å²) in [5.74, 6) is 0.623. The second-order valence-corrected chi connectivity index (χ2v) is 5.58. The number of ether oxygens (including phenoxy) is 1. The predicted molar refractivity (Wildman–Crippen MR) is 78.7 cm³/mol. The van der Waals surface area contributed by atoms with Gasteiger partial charge >= 0.3 is 0 Å². The Morgan fingerprint density at radius 2 is 1.67 bits per heavy atom. The Kier molecular flexibility index (Phi) is 3.07. The minimum atomic E-state index is 0.473. The molecule has 0 unspecified atom stereocenters. The van der Waals surface area contributed by atoms with Crippen LogP contribution >= 0.6 is 22.6 Å². The van der Waals surface area contributed by atoms with Crippen LogP contribution in [0.3, 0.4) is 0 Å². The Hall–Kier alpha value is -1.36. The fourth-order valence-electron chi connectivity index (χ4n) is 2.47. The quantitative estimate of drug-likeness (QED) is 0.611. The van der Waals surface area contributed by atoms with Crippen molar-refractivity contribution in [2.24, 2.45) is 0 Å². The molecule has 2 aromatic carbocycles. The van der Waals surface area contributed by atoms with Crippen molar-refractivity contribution in [2.45, 2.75) is 12.8 Å².